The number of nitrogens with one attached hydrogen (secondary N) is 1. The maximum absolute atomic E-state index is 11.7. The van der Waals surface area contributed by atoms with E-state index in [0.29, 0.717) is 22.2 Å². The van der Waals surface area contributed by atoms with Gasteiger partial charge in [0.05, 0.1) is 6.54 Å². The topological polar surface area (TPSA) is 80.9 Å². The van der Waals surface area contributed by atoms with Gasteiger partial charge < -0.3 is 11.1 Å². The first-order chi connectivity index (χ1) is 8.15. The highest BCUT2D eigenvalue weighted by atomic mass is 79.9. The van der Waals surface area contributed by atoms with Gasteiger partial charge in [-0.05, 0) is 24.3 Å². The van der Waals surface area contributed by atoms with E-state index in [4.69, 9.17) is 5.73 Å². The lowest BCUT2D eigenvalue weighted by Crippen LogP contribution is -2.22. The van der Waals surface area contributed by atoms with Crippen molar-refractivity contribution in [1.29, 1.82) is 0 Å². The molecular weight excluding hydrogens is 304 g/mol. The number of carbonyl (C=O) groups is 1. The van der Waals surface area contributed by atoms with Crippen LogP contribution < -0.4 is 11.1 Å². The number of carbonyl (C=O) groups excluding carboxylic acids is 1. The third-order valence-electron chi connectivity index (χ3n) is 1.99. The molecule has 1 aromatic heterocycles. The zero-order valence-corrected chi connectivity index (χ0v) is 11.1. The molecule has 0 unspecified atom stereocenters. The lowest BCUT2D eigenvalue weighted by Gasteiger charge is -2.02. The van der Waals surface area contributed by atoms with Gasteiger partial charge in [0, 0.05) is 10.0 Å². The number of nitrogens with two attached hydrogens (primary N) is 1. The molecule has 0 spiro atoms. The summed E-state index contributed by atoms with van der Waals surface area (Å²) in [5, 5.41) is 11.3. The average molecular weight is 313 g/mol. The largest absolute Gasteiger partial charge is 0.374 e. The van der Waals surface area contributed by atoms with Crippen molar-refractivity contribution in [3.05, 3.63) is 39.3 Å². The lowest BCUT2D eigenvalue weighted by molar-refractivity contribution is 0.0951. The highest BCUT2D eigenvalue weighted by Crippen LogP contribution is 2.12. The van der Waals surface area contributed by atoms with Crippen LogP contribution >= 0.6 is 27.3 Å². The molecule has 0 bridgehead atoms. The van der Waals surface area contributed by atoms with E-state index in [1.54, 1.807) is 12.1 Å². The fourth-order valence-corrected chi connectivity index (χ4v) is 2.01. The molecule has 0 aliphatic rings. The predicted octanol–water partition coefficient (Wildman–Crippen LogP) is 1.81. The van der Waals surface area contributed by atoms with Crippen LogP contribution in [0.1, 0.15) is 15.4 Å². The van der Waals surface area contributed by atoms with E-state index in [1.165, 1.54) is 11.3 Å². The van der Waals surface area contributed by atoms with Gasteiger partial charge in [0.25, 0.3) is 5.91 Å². The van der Waals surface area contributed by atoms with E-state index in [2.05, 4.69) is 31.4 Å². The third kappa shape index (κ3) is 3.24. The summed E-state index contributed by atoms with van der Waals surface area (Å²) in [6, 6.07) is 7.12. The van der Waals surface area contributed by atoms with Gasteiger partial charge in [0.1, 0.15) is 5.01 Å². The Kier molecular flexibility index (Phi) is 3.70. The second-order valence-electron chi connectivity index (χ2n) is 3.22. The number of rotatable bonds is 3. The first-order valence-corrected chi connectivity index (χ1v) is 6.38. The van der Waals surface area contributed by atoms with Crippen LogP contribution in [0.5, 0.6) is 0 Å². The number of halogens is 1. The van der Waals surface area contributed by atoms with Gasteiger partial charge in [0.2, 0.25) is 5.13 Å². The molecule has 5 nitrogen and oxygen atoms in total. The summed E-state index contributed by atoms with van der Waals surface area (Å²) < 4.78 is 0.936. The van der Waals surface area contributed by atoms with Crippen LogP contribution in [-0.2, 0) is 6.54 Å². The average Bonchev–Trinajstić information content (AvgIpc) is 2.73. The van der Waals surface area contributed by atoms with Gasteiger partial charge in [-0.1, -0.05) is 27.3 Å². The van der Waals surface area contributed by atoms with Crippen LogP contribution in [0.3, 0.4) is 0 Å². The Hall–Kier alpha value is -1.47. The highest BCUT2D eigenvalue weighted by Gasteiger charge is 2.06. The summed E-state index contributed by atoms with van der Waals surface area (Å²) in [6.07, 6.45) is 0. The van der Waals surface area contributed by atoms with Crippen LogP contribution in [0, 0.1) is 0 Å². The number of amides is 1. The zero-order valence-electron chi connectivity index (χ0n) is 8.68. The second kappa shape index (κ2) is 5.24. The van der Waals surface area contributed by atoms with Crippen LogP contribution in [0.4, 0.5) is 5.13 Å². The fraction of sp³-hybridized carbons (Fsp3) is 0.100. The molecule has 7 heteroatoms. The quantitative estimate of drug-likeness (QED) is 0.905. The summed E-state index contributed by atoms with van der Waals surface area (Å²) in [7, 11) is 0. The van der Waals surface area contributed by atoms with Crippen molar-refractivity contribution in [2.45, 2.75) is 6.54 Å². The molecule has 88 valence electrons. The Bertz CT molecular complexity index is 525. The summed E-state index contributed by atoms with van der Waals surface area (Å²) in [4.78, 5) is 11.7. The normalized spacial score (nSPS) is 10.2. The smallest absolute Gasteiger partial charge is 0.251 e. The number of nitrogen functional groups attached to an aromatic ring is 1. The summed E-state index contributed by atoms with van der Waals surface area (Å²) >= 11 is 4.57. The van der Waals surface area contributed by atoms with Gasteiger partial charge in [-0.2, -0.15) is 0 Å². The maximum atomic E-state index is 11.7. The molecule has 1 aromatic carbocycles. The van der Waals surface area contributed by atoms with Crippen molar-refractivity contribution >= 4 is 38.3 Å². The van der Waals surface area contributed by atoms with Crippen molar-refractivity contribution in [2.75, 3.05) is 5.73 Å². The summed E-state index contributed by atoms with van der Waals surface area (Å²) in [5.74, 6) is -0.147. The minimum absolute atomic E-state index is 0.147. The Morgan fingerprint density at radius 3 is 2.65 bits per heavy atom. The first kappa shape index (κ1) is 12.0. The van der Waals surface area contributed by atoms with Gasteiger partial charge in [-0.3, -0.25) is 4.79 Å². The van der Waals surface area contributed by atoms with Crippen LogP contribution in [0.25, 0.3) is 0 Å². The second-order valence-corrected chi connectivity index (χ2v) is 5.23. The molecule has 17 heavy (non-hydrogen) atoms. The van der Waals surface area contributed by atoms with Gasteiger partial charge in [-0.25, -0.2) is 0 Å². The zero-order chi connectivity index (χ0) is 12.3. The van der Waals surface area contributed by atoms with E-state index in [9.17, 15) is 4.79 Å². The Balaban J connectivity index is 1.95. The molecule has 0 fully saturated rings. The Morgan fingerprint density at radius 2 is 2.06 bits per heavy atom. The molecule has 0 atom stereocenters. The van der Waals surface area contributed by atoms with Crippen LogP contribution in [0.2, 0.25) is 0 Å². The van der Waals surface area contributed by atoms with Crippen molar-refractivity contribution < 1.29 is 4.79 Å². The van der Waals surface area contributed by atoms with Crippen molar-refractivity contribution in [3.63, 3.8) is 0 Å². The monoisotopic (exact) mass is 312 g/mol. The maximum Gasteiger partial charge on any atom is 0.251 e. The van der Waals surface area contributed by atoms with E-state index in [1.807, 2.05) is 12.1 Å². The number of hydrogen-bond acceptors (Lipinski definition) is 5. The van der Waals surface area contributed by atoms with Gasteiger partial charge in [0.15, 0.2) is 0 Å². The SMILES string of the molecule is Nc1nnc(CNC(=O)c2ccc(Br)cc2)s1. The number of hydrogen-bond donors (Lipinski definition) is 2. The molecule has 0 saturated heterocycles. The van der Waals surface area contributed by atoms with Crippen LogP contribution in [-0.4, -0.2) is 16.1 Å². The van der Waals surface area contributed by atoms with Crippen molar-refractivity contribution in [2.24, 2.45) is 0 Å². The van der Waals surface area contributed by atoms with E-state index < -0.39 is 0 Å². The number of anilines is 1. The van der Waals surface area contributed by atoms with E-state index in [-0.39, 0.29) is 5.91 Å². The molecule has 2 aromatic rings. The van der Waals surface area contributed by atoms with Gasteiger partial charge >= 0.3 is 0 Å². The summed E-state index contributed by atoms with van der Waals surface area (Å²) in [5.41, 5.74) is 6.04. The minimum atomic E-state index is -0.147. The number of aromatic nitrogens is 2. The van der Waals surface area contributed by atoms with E-state index >= 15 is 0 Å². The third-order valence-corrected chi connectivity index (χ3v) is 3.27. The number of nitrogens with zero attached hydrogens (tertiary/aromatic N) is 2. The first-order valence-electron chi connectivity index (χ1n) is 4.77. The van der Waals surface area contributed by atoms with Crippen molar-refractivity contribution in [1.82, 2.24) is 15.5 Å². The molecule has 1 heterocycles. The minimum Gasteiger partial charge on any atom is -0.374 e. The number of benzene rings is 1. The molecule has 0 saturated carbocycles. The molecule has 2 rings (SSSR count). The summed E-state index contributed by atoms with van der Waals surface area (Å²) in [6.45, 7) is 0.337. The van der Waals surface area contributed by atoms with Crippen LogP contribution in [0.15, 0.2) is 28.7 Å². The van der Waals surface area contributed by atoms with E-state index in [0.717, 1.165) is 4.47 Å². The highest BCUT2D eigenvalue weighted by molar-refractivity contribution is 9.10. The molecule has 0 aliphatic carbocycles. The lowest BCUT2D eigenvalue weighted by atomic mass is 10.2. The molecule has 0 radical (unpaired) electrons. The fourth-order valence-electron chi connectivity index (χ4n) is 1.20. The Labute approximate surface area is 110 Å². The van der Waals surface area contributed by atoms with Crippen molar-refractivity contribution in [3.8, 4) is 0 Å². The molecule has 0 aliphatic heterocycles. The molecule has 1 amide bonds. The molecular formula is C10H9BrN4OS. The predicted molar refractivity (Wildman–Crippen MR) is 69.6 cm³/mol. The standard InChI is InChI=1S/C10H9BrN4OS/c11-7-3-1-6(2-4-7)9(16)13-5-8-14-15-10(12)17-8/h1-4H,5H2,(H2,12,15)(H,13,16). The molecule has 3 N–H and O–H groups in total. The Morgan fingerprint density at radius 1 is 1.35 bits per heavy atom. The van der Waals surface area contributed by atoms with Gasteiger partial charge in [-0.15, -0.1) is 10.2 Å².